The molecule has 0 aliphatic carbocycles. The Morgan fingerprint density at radius 3 is 2.05 bits per heavy atom. The van der Waals surface area contributed by atoms with Crippen LogP contribution in [0.5, 0.6) is 0 Å². The second-order valence-electron chi connectivity index (χ2n) is 5.28. The number of benzene rings is 2. The van der Waals surface area contributed by atoms with E-state index in [9.17, 15) is 0 Å². The normalized spacial score (nSPS) is 12.4. The Kier molecular flexibility index (Phi) is 5.84. The van der Waals surface area contributed by atoms with Gasteiger partial charge in [-0.3, -0.25) is 0 Å². The molecular formula is C19H24ClN. The van der Waals surface area contributed by atoms with Gasteiger partial charge in [0.05, 0.1) is 6.04 Å². The lowest BCUT2D eigenvalue weighted by atomic mass is 9.93. The van der Waals surface area contributed by atoms with E-state index in [1.165, 1.54) is 22.3 Å². The highest BCUT2D eigenvalue weighted by Crippen LogP contribution is 2.26. The van der Waals surface area contributed by atoms with E-state index < -0.39 is 0 Å². The highest BCUT2D eigenvalue weighted by molar-refractivity contribution is 6.30. The Morgan fingerprint density at radius 1 is 0.857 bits per heavy atom. The van der Waals surface area contributed by atoms with E-state index in [1.54, 1.807) is 0 Å². The van der Waals surface area contributed by atoms with Gasteiger partial charge in [0.15, 0.2) is 0 Å². The summed E-state index contributed by atoms with van der Waals surface area (Å²) in [4.78, 5) is 0. The highest BCUT2D eigenvalue weighted by Gasteiger charge is 2.14. The average Bonchev–Trinajstić information content (AvgIpc) is 2.53. The SMILES string of the molecule is CCNC(c1ccc(Cl)cc1)c1ccc(CC)c(CC)c1. The van der Waals surface area contributed by atoms with Crippen molar-refractivity contribution in [1.82, 2.24) is 5.32 Å². The Labute approximate surface area is 133 Å². The second kappa shape index (κ2) is 7.63. The van der Waals surface area contributed by atoms with Gasteiger partial charge in [-0.05, 0) is 53.8 Å². The number of hydrogen-bond acceptors (Lipinski definition) is 1. The number of hydrogen-bond donors (Lipinski definition) is 1. The lowest BCUT2D eigenvalue weighted by Crippen LogP contribution is -2.22. The van der Waals surface area contributed by atoms with E-state index in [1.807, 2.05) is 12.1 Å². The maximum Gasteiger partial charge on any atom is 0.0576 e. The average molecular weight is 302 g/mol. The molecule has 0 bridgehead atoms. The predicted octanol–water partition coefficient (Wildman–Crippen LogP) is 5.16. The van der Waals surface area contributed by atoms with Crippen LogP contribution in [0, 0.1) is 0 Å². The van der Waals surface area contributed by atoms with Gasteiger partial charge in [-0.1, -0.05) is 62.7 Å². The minimum atomic E-state index is 0.225. The molecule has 1 unspecified atom stereocenters. The van der Waals surface area contributed by atoms with Gasteiger partial charge in [0.2, 0.25) is 0 Å². The summed E-state index contributed by atoms with van der Waals surface area (Å²) < 4.78 is 0. The zero-order valence-corrected chi connectivity index (χ0v) is 13.9. The third-order valence-electron chi connectivity index (χ3n) is 3.94. The molecular weight excluding hydrogens is 278 g/mol. The van der Waals surface area contributed by atoms with Crippen molar-refractivity contribution >= 4 is 11.6 Å². The molecule has 1 N–H and O–H groups in total. The van der Waals surface area contributed by atoms with Gasteiger partial charge in [0, 0.05) is 5.02 Å². The van der Waals surface area contributed by atoms with Crippen LogP contribution < -0.4 is 5.32 Å². The first kappa shape index (κ1) is 16.1. The lowest BCUT2D eigenvalue weighted by Gasteiger charge is -2.21. The maximum atomic E-state index is 6.01. The van der Waals surface area contributed by atoms with Gasteiger partial charge in [-0.15, -0.1) is 0 Å². The van der Waals surface area contributed by atoms with Crippen molar-refractivity contribution in [1.29, 1.82) is 0 Å². The fourth-order valence-corrected chi connectivity index (χ4v) is 2.91. The molecule has 0 aromatic heterocycles. The van der Waals surface area contributed by atoms with E-state index in [0.717, 1.165) is 24.4 Å². The van der Waals surface area contributed by atoms with Crippen LogP contribution in [0.1, 0.15) is 49.1 Å². The third-order valence-corrected chi connectivity index (χ3v) is 4.19. The zero-order chi connectivity index (χ0) is 15.2. The van der Waals surface area contributed by atoms with E-state index in [0.29, 0.717) is 0 Å². The topological polar surface area (TPSA) is 12.0 Å². The molecule has 1 nitrogen and oxygen atoms in total. The van der Waals surface area contributed by atoms with Gasteiger partial charge in [0.1, 0.15) is 0 Å². The van der Waals surface area contributed by atoms with Gasteiger partial charge in [-0.25, -0.2) is 0 Å². The van der Waals surface area contributed by atoms with Crippen molar-refractivity contribution in [2.24, 2.45) is 0 Å². The van der Waals surface area contributed by atoms with Crippen molar-refractivity contribution in [3.8, 4) is 0 Å². The Balaban J connectivity index is 2.40. The second-order valence-corrected chi connectivity index (χ2v) is 5.71. The molecule has 21 heavy (non-hydrogen) atoms. The van der Waals surface area contributed by atoms with E-state index >= 15 is 0 Å². The molecule has 0 fully saturated rings. The first-order valence-electron chi connectivity index (χ1n) is 7.80. The van der Waals surface area contributed by atoms with Crippen molar-refractivity contribution in [2.45, 2.75) is 39.7 Å². The molecule has 2 aromatic carbocycles. The fraction of sp³-hybridized carbons (Fsp3) is 0.368. The predicted molar refractivity (Wildman–Crippen MR) is 92.2 cm³/mol. The smallest absolute Gasteiger partial charge is 0.0576 e. The van der Waals surface area contributed by atoms with E-state index in [2.05, 4.69) is 56.4 Å². The highest BCUT2D eigenvalue weighted by atomic mass is 35.5. The quantitative estimate of drug-likeness (QED) is 0.776. The molecule has 0 saturated heterocycles. The van der Waals surface area contributed by atoms with Crippen molar-refractivity contribution in [3.05, 3.63) is 69.7 Å². The van der Waals surface area contributed by atoms with Crippen LogP contribution in [0.2, 0.25) is 5.02 Å². The van der Waals surface area contributed by atoms with E-state index in [-0.39, 0.29) is 6.04 Å². The number of halogens is 1. The number of rotatable bonds is 6. The molecule has 0 saturated carbocycles. The van der Waals surface area contributed by atoms with Crippen LogP contribution in [0.25, 0.3) is 0 Å². The minimum Gasteiger partial charge on any atom is -0.307 e. The monoisotopic (exact) mass is 301 g/mol. The van der Waals surface area contributed by atoms with Crippen LogP contribution in [0.4, 0.5) is 0 Å². The molecule has 0 aliphatic rings. The Bertz CT molecular complexity index is 575. The Hall–Kier alpha value is -1.31. The van der Waals surface area contributed by atoms with Crippen LogP contribution >= 0.6 is 11.6 Å². The van der Waals surface area contributed by atoms with Crippen molar-refractivity contribution in [3.63, 3.8) is 0 Å². The first-order valence-corrected chi connectivity index (χ1v) is 8.17. The van der Waals surface area contributed by atoms with Crippen molar-refractivity contribution < 1.29 is 0 Å². The van der Waals surface area contributed by atoms with Gasteiger partial charge < -0.3 is 5.32 Å². The molecule has 0 amide bonds. The standard InChI is InChI=1S/C19H24ClN/c1-4-14-7-8-17(13-15(14)5-2)19(21-6-3)16-9-11-18(20)12-10-16/h7-13,19,21H,4-6H2,1-3H3. The molecule has 0 radical (unpaired) electrons. The molecule has 112 valence electrons. The van der Waals surface area contributed by atoms with Crippen LogP contribution in [-0.2, 0) is 12.8 Å². The Morgan fingerprint density at radius 2 is 1.48 bits per heavy atom. The molecule has 0 aliphatic heterocycles. The van der Waals surface area contributed by atoms with Crippen molar-refractivity contribution in [2.75, 3.05) is 6.54 Å². The first-order chi connectivity index (χ1) is 10.2. The summed E-state index contributed by atoms with van der Waals surface area (Å²) in [6.45, 7) is 7.52. The molecule has 0 heterocycles. The summed E-state index contributed by atoms with van der Waals surface area (Å²) in [6.07, 6.45) is 2.17. The summed E-state index contributed by atoms with van der Waals surface area (Å²) in [5, 5.41) is 4.36. The zero-order valence-electron chi connectivity index (χ0n) is 13.1. The summed E-state index contributed by atoms with van der Waals surface area (Å²) in [5.74, 6) is 0. The summed E-state index contributed by atoms with van der Waals surface area (Å²) in [7, 11) is 0. The van der Waals surface area contributed by atoms with E-state index in [4.69, 9.17) is 11.6 Å². The van der Waals surface area contributed by atoms with Gasteiger partial charge >= 0.3 is 0 Å². The molecule has 2 aromatic rings. The van der Waals surface area contributed by atoms with Crippen LogP contribution in [-0.4, -0.2) is 6.54 Å². The van der Waals surface area contributed by atoms with Gasteiger partial charge in [-0.2, -0.15) is 0 Å². The molecule has 1 atom stereocenters. The largest absolute Gasteiger partial charge is 0.307 e. The van der Waals surface area contributed by atoms with Gasteiger partial charge in [0.25, 0.3) is 0 Å². The third kappa shape index (κ3) is 3.87. The molecule has 0 spiro atoms. The summed E-state index contributed by atoms with van der Waals surface area (Å²) >= 11 is 6.01. The van der Waals surface area contributed by atoms with Crippen LogP contribution in [0.3, 0.4) is 0 Å². The maximum absolute atomic E-state index is 6.01. The van der Waals surface area contributed by atoms with Crippen LogP contribution in [0.15, 0.2) is 42.5 Å². The minimum absolute atomic E-state index is 0.225. The number of aryl methyl sites for hydroxylation is 2. The fourth-order valence-electron chi connectivity index (χ4n) is 2.79. The molecule has 2 rings (SSSR count). The summed E-state index contributed by atoms with van der Waals surface area (Å²) in [6, 6.07) is 15.2. The number of nitrogens with one attached hydrogen (secondary N) is 1. The molecule has 2 heteroatoms. The summed E-state index contributed by atoms with van der Waals surface area (Å²) in [5.41, 5.74) is 5.49. The lowest BCUT2D eigenvalue weighted by molar-refractivity contribution is 0.629.